The van der Waals surface area contributed by atoms with Crippen molar-refractivity contribution in [1.29, 1.82) is 0 Å². The normalized spacial score (nSPS) is 11.9. The molecule has 0 bridgehead atoms. The van der Waals surface area contributed by atoms with Gasteiger partial charge in [0.1, 0.15) is 5.82 Å². The highest BCUT2D eigenvalue weighted by Gasteiger charge is 2.33. The molecular formula is C12H8ClF4N5. The Morgan fingerprint density at radius 1 is 1.32 bits per heavy atom. The van der Waals surface area contributed by atoms with Crippen molar-refractivity contribution in [3.63, 3.8) is 0 Å². The molecule has 0 saturated heterocycles. The summed E-state index contributed by atoms with van der Waals surface area (Å²) in [6.07, 6.45) is -1.63. The summed E-state index contributed by atoms with van der Waals surface area (Å²) in [5.74, 6) is -0.575. The van der Waals surface area contributed by atoms with Crippen LogP contribution < -0.4 is 5.01 Å². The van der Waals surface area contributed by atoms with E-state index in [1.165, 1.54) is 25.5 Å². The molecule has 0 fully saturated rings. The Morgan fingerprint density at radius 3 is 2.64 bits per heavy atom. The van der Waals surface area contributed by atoms with E-state index in [0.717, 1.165) is 11.1 Å². The van der Waals surface area contributed by atoms with Crippen molar-refractivity contribution in [1.82, 2.24) is 15.0 Å². The first-order chi connectivity index (χ1) is 10.3. The SMILES string of the molecule is CN(N=Cc1cc(F)ccn1)c1ncc(C(F)(F)F)nc1Cl. The van der Waals surface area contributed by atoms with Crippen molar-refractivity contribution in [3.8, 4) is 0 Å². The summed E-state index contributed by atoms with van der Waals surface area (Å²) < 4.78 is 50.3. The van der Waals surface area contributed by atoms with Crippen molar-refractivity contribution < 1.29 is 17.6 Å². The first-order valence-corrected chi connectivity index (χ1v) is 6.14. The molecule has 2 rings (SSSR count). The zero-order valence-corrected chi connectivity index (χ0v) is 11.8. The van der Waals surface area contributed by atoms with Crippen molar-refractivity contribution in [3.05, 3.63) is 46.9 Å². The average molecular weight is 334 g/mol. The predicted molar refractivity (Wildman–Crippen MR) is 72.2 cm³/mol. The second-order valence-corrected chi connectivity index (χ2v) is 4.39. The average Bonchev–Trinajstić information content (AvgIpc) is 2.44. The Morgan fingerprint density at radius 2 is 2.05 bits per heavy atom. The van der Waals surface area contributed by atoms with Crippen LogP contribution in [0, 0.1) is 5.82 Å². The highest BCUT2D eigenvalue weighted by atomic mass is 35.5. The second kappa shape index (κ2) is 6.22. The third-order valence-electron chi connectivity index (χ3n) is 2.42. The summed E-state index contributed by atoms with van der Waals surface area (Å²) in [7, 11) is 1.40. The molecule has 116 valence electrons. The van der Waals surface area contributed by atoms with Crippen molar-refractivity contribution in [2.75, 3.05) is 12.1 Å². The Hall–Kier alpha value is -2.29. The van der Waals surface area contributed by atoms with E-state index in [0.29, 0.717) is 6.20 Å². The zero-order chi connectivity index (χ0) is 16.3. The van der Waals surface area contributed by atoms with Gasteiger partial charge in [-0.3, -0.25) is 4.98 Å². The van der Waals surface area contributed by atoms with Gasteiger partial charge >= 0.3 is 6.18 Å². The van der Waals surface area contributed by atoms with Gasteiger partial charge in [-0.2, -0.15) is 18.3 Å². The molecule has 2 heterocycles. The van der Waals surface area contributed by atoms with Crippen molar-refractivity contribution >= 4 is 23.6 Å². The molecule has 0 radical (unpaired) electrons. The summed E-state index contributed by atoms with van der Waals surface area (Å²) in [4.78, 5) is 10.6. The van der Waals surface area contributed by atoms with E-state index >= 15 is 0 Å². The standard InChI is InChI=1S/C12H8ClF4N5/c1-22(20-5-8-4-7(14)2-3-18-8)11-10(13)21-9(6-19-11)12(15,16)17/h2-6H,1H3. The summed E-state index contributed by atoms with van der Waals surface area (Å²) in [5.41, 5.74) is -0.978. The quantitative estimate of drug-likeness (QED) is 0.492. The molecule has 0 saturated carbocycles. The fraction of sp³-hybridized carbons (Fsp3) is 0.167. The van der Waals surface area contributed by atoms with Gasteiger partial charge in [0, 0.05) is 19.3 Å². The molecule has 2 aromatic heterocycles. The lowest BCUT2D eigenvalue weighted by Gasteiger charge is -2.13. The third kappa shape index (κ3) is 3.88. The molecule has 10 heteroatoms. The Bertz CT molecular complexity index is 704. The maximum atomic E-state index is 13.0. The van der Waals surface area contributed by atoms with Crippen LogP contribution in [-0.4, -0.2) is 28.2 Å². The summed E-state index contributed by atoms with van der Waals surface area (Å²) >= 11 is 5.67. The number of aromatic nitrogens is 3. The molecule has 2 aromatic rings. The van der Waals surface area contributed by atoms with Gasteiger partial charge in [-0.25, -0.2) is 19.4 Å². The van der Waals surface area contributed by atoms with Gasteiger partial charge in [0.2, 0.25) is 0 Å². The molecule has 0 aliphatic rings. The number of hydrogen-bond donors (Lipinski definition) is 0. The van der Waals surface area contributed by atoms with Gasteiger partial charge in [0.15, 0.2) is 16.7 Å². The van der Waals surface area contributed by atoms with E-state index < -0.39 is 22.8 Å². The zero-order valence-electron chi connectivity index (χ0n) is 11.0. The number of pyridine rings is 1. The lowest BCUT2D eigenvalue weighted by Crippen LogP contribution is -2.15. The fourth-order valence-corrected chi connectivity index (χ4v) is 1.67. The molecular weight excluding hydrogens is 326 g/mol. The Kier molecular flexibility index (Phi) is 4.55. The molecule has 0 amide bonds. The maximum Gasteiger partial charge on any atom is 0.434 e. The molecule has 0 aliphatic carbocycles. The summed E-state index contributed by atoms with van der Waals surface area (Å²) in [5, 5.41) is 4.51. The van der Waals surface area contributed by atoms with Crippen LogP contribution >= 0.6 is 11.6 Å². The number of rotatable bonds is 3. The van der Waals surface area contributed by atoms with Crippen LogP contribution in [0.25, 0.3) is 0 Å². The summed E-state index contributed by atoms with van der Waals surface area (Å²) in [6, 6.07) is 2.30. The topological polar surface area (TPSA) is 54.3 Å². The van der Waals surface area contributed by atoms with Crippen LogP contribution in [0.5, 0.6) is 0 Å². The van der Waals surface area contributed by atoms with Crippen LogP contribution in [-0.2, 0) is 6.18 Å². The molecule has 0 N–H and O–H groups in total. The van der Waals surface area contributed by atoms with Crippen LogP contribution in [0.4, 0.5) is 23.4 Å². The fourth-order valence-electron chi connectivity index (χ4n) is 1.41. The minimum Gasteiger partial charge on any atom is -0.255 e. The number of nitrogens with zero attached hydrogens (tertiary/aromatic N) is 5. The van der Waals surface area contributed by atoms with Crippen LogP contribution in [0.1, 0.15) is 11.4 Å². The highest BCUT2D eigenvalue weighted by Crippen LogP contribution is 2.30. The molecule has 0 spiro atoms. The number of hydrogen-bond acceptors (Lipinski definition) is 5. The predicted octanol–water partition coefficient (Wildman–Crippen LogP) is 3.15. The van der Waals surface area contributed by atoms with E-state index in [-0.39, 0.29) is 11.5 Å². The number of anilines is 1. The Balaban J connectivity index is 2.21. The van der Waals surface area contributed by atoms with Gasteiger partial charge < -0.3 is 0 Å². The highest BCUT2D eigenvalue weighted by molar-refractivity contribution is 6.31. The van der Waals surface area contributed by atoms with Crippen LogP contribution in [0.15, 0.2) is 29.6 Å². The van der Waals surface area contributed by atoms with E-state index in [2.05, 4.69) is 20.1 Å². The first-order valence-electron chi connectivity index (χ1n) is 5.76. The van der Waals surface area contributed by atoms with Crippen molar-refractivity contribution in [2.45, 2.75) is 6.18 Å². The van der Waals surface area contributed by atoms with Gasteiger partial charge in [0.05, 0.1) is 18.1 Å². The monoisotopic (exact) mass is 333 g/mol. The molecule has 0 aliphatic heterocycles. The number of alkyl halides is 3. The first kappa shape index (κ1) is 16.1. The third-order valence-corrected chi connectivity index (χ3v) is 2.67. The van der Waals surface area contributed by atoms with E-state index in [1.54, 1.807) is 0 Å². The second-order valence-electron chi connectivity index (χ2n) is 4.03. The minimum absolute atomic E-state index is 0.0812. The van der Waals surface area contributed by atoms with Gasteiger partial charge in [0.25, 0.3) is 0 Å². The Labute approximate surface area is 127 Å². The number of hydrazone groups is 1. The van der Waals surface area contributed by atoms with Crippen LogP contribution in [0.2, 0.25) is 5.15 Å². The lowest BCUT2D eigenvalue weighted by atomic mass is 10.4. The lowest BCUT2D eigenvalue weighted by molar-refractivity contribution is -0.141. The van der Waals surface area contributed by atoms with Gasteiger partial charge in [-0.15, -0.1) is 0 Å². The smallest absolute Gasteiger partial charge is 0.255 e. The van der Waals surface area contributed by atoms with E-state index in [1.807, 2.05) is 0 Å². The van der Waals surface area contributed by atoms with Crippen LogP contribution in [0.3, 0.4) is 0 Å². The molecule has 5 nitrogen and oxygen atoms in total. The van der Waals surface area contributed by atoms with E-state index in [4.69, 9.17) is 11.6 Å². The van der Waals surface area contributed by atoms with Gasteiger partial charge in [-0.05, 0) is 6.07 Å². The van der Waals surface area contributed by atoms with Crippen molar-refractivity contribution in [2.24, 2.45) is 5.10 Å². The maximum absolute atomic E-state index is 13.0. The van der Waals surface area contributed by atoms with Gasteiger partial charge in [-0.1, -0.05) is 11.6 Å². The number of halogens is 5. The van der Waals surface area contributed by atoms with E-state index in [9.17, 15) is 17.6 Å². The molecule has 0 unspecified atom stereocenters. The summed E-state index contributed by atoms with van der Waals surface area (Å²) in [6.45, 7) is 0. The largest absolute Gasteiger partial charge is 0.434 e. The molecule has 0 atom stereocenters. The molecule has 22 heavy (non-hydrogen) atoms. The molecule has 0 aromatic carbocycles. The minimum atomic E-state index is -4.64.